The van der Waals surface area contributed by atoms with Gasteiger partial charge in [-0.3, -0.25) is 4.79 Å². The molecule has 0 bridgehead atoms. The predicted molar refractivity (Wildman–Crippen MR) is 97.9 cm³/mol. The quantitative estimate of drug-likeness (QED) is 0.329. The lowest BCUT2D eigenvalue weighted by Crippen LogP contribution is -2.40. The van der Waals surface area contributed by atoms with Crippen LogP contribution in [0.1, 0.15) is 46.5 Å². The highest BCUT2D eigenvalue weighted by atomic mass is 28.4. The number of hydrogen-bond acceptors (Lipinski definition) is 4. The molecule has 0 amide bonds. The van der Waals surface area contributed by atoms with Crippen LogP contribution >= 0.6 is 0 Å². The molecule has 1 aliphatic heterocycles. The van der Waals surface area contributed by atoms with Gasteiger partial charge in [-0.1, -0.05) is 32.6 Å². The lowest BCUT2D eigenvalue weighted by molar-refractivity contribution is -0.154. The van der Waals surface area contributed by atoms with E-state index in [0.717, 1.165) is 25.9 Å². The first-order valence-electron chi connectivity index (χ1n) is 8.61. The van der Waals surface area contributed by atoms with Crippen LogP contribution in [0.15, 0.2) is 0 Å². The number of ether oxygens (including phenoxy) is 2. The second-order valence-electron chi connectivity index (χ2n) is 7.40. The van der Waals surface area contributed by atoms with E-state index in [1.807, 2.05) is 0 Å². The first-order valence-corrected chi connectivity index (χ1v) is 11.5. The molecular weight excluding hydrogens is 320 g/mol. The standard InChI is InChI=1S/C19H30O4Si/c1-19(2,3)24(4,5)23-16-9-6-11-17(20)12-10-15-22-18-13-7-8-14-21-18/h18H,7-9,13-16H2,1-5H3. The highest BCUT2D eigenvalue weighted by Gasteiger charge is 2.36. The summed E-state index contributed by atoms with van der Waals surface area (Å²) < 4.78 is 16.8. The van der Waals surface area contributed by atoms with Gasteiger partial charge in [-0.2, -0.15) is 0 Å². The van der Waals surface area contributed by atoms with E-state index in [0.29, 0.717) is 13.0 Å². The highest BCUT2D eigenvalue weighted by Crippen LogP contribution is 2.36. The third kappa shape index (κ3) is 8.12. The largest absolute Gasteiger partial charge is 0.416 e. The monoisotopic (exact) mass is 350 g/mol. The summed E-state index contributed by atoms with van der Waals surface area (Å²) in [6, 6.07) is 0. The van der Waals surface area contributed by atoms with Crippen molar-refractivity contribution in [1.29, 1.82) is 0 Å². The van der Waals surface area contributed by atoms with E-state index in [1.54, 1.807) is 0 Å². The molecule has 1 fully saturated rings. The van der Waals surface area contributed by atoms with Crippen LogP contribution in [-0.4, -0.2) is 40.2 Å². The van der Waals surface area contributed by atoms with Crippen LogP contribution in [0.25, 0.3) is 0 Å². The molecular formula is C19H30O4Si. The minimum absolute atomic E-state index is 0.179. The molecule has 5 heteroatoms. The maximum Gasteiger partial charge on any atom is 0.279 e. The Morgan fingerprint density at radius 1 is 1.21 bits per heavy atom. The van der Waals surface area contributed by atoms with Gasteiger partial charge in [0.1, 0.15) is 6.61 Å². The minimum atomic E-state index is -1.73. The summed E-state index contributed by atoms with van der Waals surface area (Å²) in [5, 5.41) is 0.184. The zero-order valence-electron chi connectivity index (χ0n) is 15.7. The fourth-order valence-corrected chi connectivity index (χ4v) is 2.89. The minimum Gasteiger partial charge on any atom is -0.416 e. The van der Waals surface area contributed by atoms with Gasteiger partial charge >= 0.3 is 0 Å². The van der Waals surface area contributed by atoms with Gasteiger partial charge in [-0.25, -0.2) is 0 Å². The van der Waals surface area contributed by atoms with E-state index in [2.05, 4.69) is 57.5 Å². The zero-order valence-corrected chi connectivity index (χ0v) is 16.7. The van der Waals surface area contributed by atoms with Crippen LogP contribution in [0, 0.1) is 23.7 Å². The maximum absolute atomic E-state index is 11.5. The molecule has 0 radical (unpaired) electrons. The maximum atomic E-state index is 11.5. The first kappa shape index (κ1) is 20.9. The summed E-state index contributed by atoms with van der Waals surface area (Å²) in [6.45, 7) is 12.5. The van der Waals surface area contributed by atoms with Gasteiger partial charge in [0.2, 0.25) is 0 Å². The number of carbonyl (C=O) groups excluding carboxylic acids is 1. The Morgan fingerprint density at radius 3 is 2.54 bits per heavy atom. The summed E-state index contributed by atoms with van der Waals surface area (Å²) in [4.78, 5) is 11.5. The summed E-state index contributed by atoms with van der Waals surface area (Å²) >= 11 is 0. The molecule has 0 N–H and O–H groups in total. The van der Waals surface area contributed by atoms with Gasteiger partial charge in [-0.15, -0.1) is 0 Å². The van der Waals surface area contributed by atoms with E-state index in [-0.39, 0.29) is 23.7 Å². The van der Waals surface area contributed by atoms with Gasteiger partial charge in [-0.05, 0) is 49.2 Å². The molecule has 0 spiro atoms. The zero-order chi connectivity index (χ0) is 18.1. The molecule has 1 rings (SSSR count). The van der Waals surface area contributed by atoms with Crippen LogP contribution in [0.2, 0.25) is 18.1 Å². The van der Waals surface area contributed by atoms with Crippen molar-refractivity contribution in [2.75, 3.05) is 19.8 Å². The molecule has 134 valence electrons. The summed E-state index contributed by atoms with van der Waals surface area (Å²) in [5.41, 5.74) is 0. The van der Waals surface area contributed by atoms with Crippen molar-refractivity contribution < 1.29 is 18.7 Å². The van der Waals surface area contributed by atoms with Gasteiger partial charge in [0.25, 0.3) is 5.78 Å². The van der Waals surface area contributed by atoms with Crippen molar-refractivity contribution in [3.63, 3.8) is 0 Å². The predicted octanol–water partition coefficient (Wildman–Crippen LogP) is 3.52. The molecule has 1 heterocycles. The van der Waals surface area contributed by atoms with Crippen molar-refractivity contribution in [2.45, 2.75) is 70.9 Å². The Bertz CT molecular complexity index is 520. The number of hydrogen-bond donors (Lipinski definition) is 0. The smallest absolute Gasteiger partial charge is 0.279 e. The normalized spacial score (nSPS) is 18.1. The summed E-state index contributed by atoms with van der Waals surface area (Å²) in [5.74, 6) is 10.1. The van der Waals surface area contributed by atoms with Crippen molar-refractivity contribution >= 4 is 14.1 Å². The number of ketones is 1. The van der Waals surface area contributed by atoms with E-state index < -0.39 is 8.32 Å². The van der Waals surface area contributed by atoms with Crippen molar-refractivity contribution in [3.8, 4) is 23.7 Å². The summed E-state index contributed by atoms with van der Waals surface area (Å²) in [6.07, 6.45) is 3.45. The van der Waals surface area contributed by atoms with Crippen LogP contribution in [-0.2, 0) is 18.7 Å². The lowest BCUT2D eigenvalue weighted by Gasteiger charge is -2.35. The van der Waals surface area contributed by atoms with Crippen molar-refractivity contribution in [3.05, 3.63) is 0 Å². The average Bonchev–Trinajstić information content (AvgIpc) is 2.51. The molecule has 1 atom stereocenters. The Morgan fingerprint density at radius 2 is 1.92 bits per heavy atom. The topological polar surface area (TPSA) is 44.8 Å². The van der Waals surface area contributed by atoms with Crippen molar-refractivity contribution in [2.24, 2.45) is 0 Å². The van der Waals surface area contributed by atoms with Crippen LogP contribution in [0.4, 0.5) is 0 Å². The molecule has 0 saturated carbocycles. The number of rotatable bonds is 5. The SMILES string of the molecule is CC(C)(C)[Si](C)(C)OCCC#CC(=O)C#CCOC1CCCCO1. The molecule has 0 aromatic heterocycles. The van der Waals surface area contributed by atoms with Crippen molar-refractivity contribution in [1.82, 2.24) is 0 Å². The third-order valence-electron chi connectivity index (χ3n) is 4.38. The fraction of sp³-hybridized carbons (Fsp3) is 0.737. The second-order valence-corrected chi connectivity index (χ2v) is 12.2. The molecule has 1 unspecified atom stereocenters. The van der Waals surface area contributed by atoms with E-state index in [1.165, 1.54) is 0 Å². The molecule has 4 nitrogen and oxygen atoms in total. The van der Waals surface area contributed by atoms with Gasteiger partial charge < -0.3 is 13.9 Å². The molecule has 0 aromatic rings. The average molecular weight is 351 g/mol. The third-order valence-corrected chi connectivity index (χ3v) is 8.92. The fourth-order valence-electron chi connectivity index (χ4n) is 1.84. The van der Waals surface area contributed by atoms with Gasteiger partial charge in [0, 0.05) is 19.6 Å². The number of carbonyl (C=O) groups is 1. The second kappa shape index (κ2) is 10.0. The Labute approximate surface area is 147 Å². The van der Waals surface area contributed by atoms with Crippen LogP contribution in [0.3, 0.4) is 0 Å². The Balaban J connectivity index is 2.22. The Hall–Kier alpha value is -1.11. The van der Waals surface area contributed by atoms with E-state index in [4.69, 9.17) is 13.9 Å². The molecule has 0 aliphatic carbocycles. The van der Waals surface area contributed by atoms with Gasteiger partial charge in [0.05, 0.1) is 0 Å². The van der Waals surface area contributed by atoms with E-state index >= 15 is 0 Å². The lowest BCUT2D eigenvalue weighted by atomic mass is 10.2. The van der Waals surface area contributed by atoms with Crippen LogP contribution in [0.5, 0.6) is 0 Å². The molecule has 1 saturated heterocycles. The van der Waals surface area contributed by atoms with Crippen LogP contribution < -0.4 is 0 Å². The first-order chi connectivity index (χ1) is 11.2. The molecule has 1 aliphatic rings. The molecule has 24 heavy (non-hydrogen) atoms. The highest BCUT2D eigenvalue weighted by molar-refractivity contribution is 6.74. The number of Topliss-reactive ketones (excluding diaryl/α,β-unsaturated/α-hetero) is 1. The van der Waals surface area contributed by atoms with E-state index in [9.17, 15) is 4.79 Å². The van der Waals surface area contributed by atoms with Gasteiger partial charge in [0.15, 0.2) is 14.6 Å². The summed E-state index contributed by atoms with van der Waals surface area (Å²) in [7, 11) is -1.73. The molecule has 0 aromatic carbocycles. The Kier molecular flexibility index (Phi) is 8.73.